The number of rotatable bonds is 7. The van der Waals surface area contributed by atoms with E-state index < -0.39 is 0 Å². The maximum absolute atomic E-state index is 5.73. The molecule has 0 heterocycles. The molecule has 1 unspecified atom stereocenters. The lowest BCUT2D eigenvalue weighted by atomic mass is 10.2. The largest absolute Gasteiger partial charge is 0.493 e. The van der Waals surface area contributed by atoms with Crippen LogP contribution >= 0.6 is 0 Å². The molecule has 0 aliphatic rings. The molecule has 0 saturated carbocycles. The molecule has 0 bridgehead atoms. The predicted octanol–water partition coefficient (Wildman–Crippen LogP) is 2.89. The van der Waals surface area contributed by atoms with Gasteiger partial charge in [0.05, 0.1) is 6.61 Å². The molecule has 0 aliphatic heterocycles. The van der Waals surface area contributed by atoms with Crippen LogP contribution in [-0.2, 0) is 6.54 Å². The first-order valence-corrected chi connectivity index (χ1v) is 5.96. The number of hydrogen-bond acceptors (Lipinski definition) is 3. The molecule has 1 rings (SSSR count). The Morgan fingerprint density at radius 1 is 1.47 bits per heavy atom. The molecule has 3 nitrogen and oxygen atoms in total. The summed E-state index contributed by atoms with van der Waals surface area (Å²) in [5.74, 6) is 1.59. The Kier molecular flexibility index (Phi) is 5.57. The van der Waals surface area contributed by atoms with Gasteiger partial charge in [-0.05, 0) is 19.4 Å². The zero-order valence-electron chi connectivity index (χ0n) is 10.6. The van der Waals surface area contributed by atoms with Crippen molar-refractivity contribution in [3.8, 4) is 11.5 Å². The minimum atomic E-state index is -0.0401. The highest BCUT2D eigenvalue weighted by atomic mass is 16.5. The zero-order valence-corrected chi connectivity index (χ0v) is 10.6. The average molecular weight is 235 g/mol. The predicted molar refractivity (Wildman–Crippen MR) is 70.4 cm³/mol. The van der Waals surface area contributed by atoms with E-state index in [1.165, 1.54) is 0 Å². The SMILES string of the molecule is C=CC(C)Oc1cc(OCCC)ccc1CN. The standard InChI is InChI=1S/C14H21NO2/c1-4-8-16-13-7-6-12(10-15)14(9-13)17-11(3)5-2/h5-7,9,11H,2,4,8,10,15H2,1,3H3. The van der Waals surface area contributed by atoms with E-state index >= 15 is 0 Å². The molecule has 0 radical (unpaired) electrons. The quantitative estimate of drug-likeness (QED) is 0.739. The lowest BCUT2D eigenvalue weighted by Crippen LogP contribution is -2.10. The van der Waals surface area contributed by atoms with Gasteiger partial charge in [0.25, 0.3) is 0 Å². The van der Waals surface area contributed by atoms with Gasteiger partial charge in [0.1, 0.15) is 17.6 Å². The fraction of sp³-hybridized carbons (Fsp3) is 0.429. The molecule has 0 fully saturated rings. The van der Waals surface area contributed by atoms with E-state index in [1.54, 1.807) is 6.08 Å². The Morgan fingerprint density at radius 2 is 2.24 bits per heavy atom. The second-order valence-electron chi connectivity index (χ2n) is 3.88. The Morgan fingerprint density at radius 3 is 2.82 bits per heavy atom. The Balaban J connectivity index is 2.85. The minimum absolute atomic E-state index is 0.0401. The lowest BCUT2D eigenvalue weighted by Gasteiger charge is -2.15. The highest BCUT2D eigenvalue weighted by Gasteiger charge is 2.07. The molecule has 1 atom stereocenters. The molecule has 3 heteroatoms. The topological polar surface area (TPSA) is 44.5 Å². The van der Waals surface area contributed by atoms with Crippen molar-refractivity contribution in [2.45, 2.75) is 32.9 Å². The molecule has 0 amide bonds. The molecule has 94 valence electrons. The summed E-state index contributed by atoms with van der Waals surface area (Å²) in [6, 6.07) is 5.75. The summed E-state index contributed by atoms with van der Waals surface area (Å²) in [7, 11) is 0. The van der Waals surface area contributed by atoms with Gasteiger partial charge in [0.2, 0.25) is 0 Å². The molecule has 0 aliphatic carbocycles. The smallest absolute Gasteiger partial charge is 0.128 e. The van der Waals surface area contributed by atoms with Gasteiger partial charge in [-0.25, -0.2) is 0 Å². The fourth-order valence-corrected chi connectivity index (χ4v) is 1.37. The van der Waals surface area contributed by atoms with E-state index in [2.05, 4.69) is 13.5 Å². The van der Waals surface area contributed by atoms with Crippen molar-refractivity contribution >= 4 is 0 Å². The first-order chi connectivity index (χ1) is 8.21. The van der Waals surface area contributed by atoms with Crippen LogP contribution < -0.4 is 15.2 Å². The summed E-state index contributed by atoms with van der Waals surface area (Å²) in [5.41, 5.74) is 6.65. The second-order valence-corrected chi connectivity index (χ2v) is 3.88. The second kappa shape index (κ2) is 6.97. The van der Waals surface area contributed by atoms with Crippen molar-refractivity contribution in [2.24, 2.45) is 5.73 Å². The van der Waals surface area contributed by atoms with Crippen molar-refractivity contribution in [1.29, 1.82) is 0 Å². The molecule has 2 N–H and O–H groups in total. The van der Waals surface area contributed by atoms with Gasteiger partial charge in [0, 0.05) is 18.2 Å². The Hall–Kier alpha value is -1.48. The third kappa shape index (κ3) is 4.11. The van der Waals surface area contributed by atoms with Crippen LogP contribution in [0.5, 0.6) is 11.5 Å². The van der Waals surface area contributed by atoms with Crippen LogP contribution in [0, 0.1) is 0 Å². The molecule has 0 aromatic heterocycles. The monoisotopic (exact) mass is 235 g/mol. The maximum atomic E-state index is 5.73. The Labute approximate surface area is 103 Å². The third-order valence-corrected chi connectivity index (χ3v) is 2.38. The molecule has 1 aromatic carbocycles. The van der Waals surface area contributed by atoms with E-state index in [-0.39, 0.29) is 6.10 Å². The lowest BCUT2D eigenvalue weighted by molar-refractivity contribution is 0.263. The van der Waals surface area contributed by atoms with E-state index in [4.69, 9.17) is 15.2 Å². The van der Waals surface area contributed by atoms with Crippen molar-refractivity contribution in [3.05, 3.63) is 36.4 Å². The van der Waals surface area contributed by atoms with Gasteiger partial charge in [0.15, 0.2) is 0 Å². The maximum Gasteiger partial charge on any atom is 0.128 e. The van der Waals surface area contributed by atoms with E-state index in [1.807, 2.05) is 25.1 Å². The summed E-state index contributed by atoms with van der Waals surface area (Å²) in [4.78, 5) is 0. The fourth-order valence-electron chi connectivity index (χ4n) is 1.37. The van der Waals surface area contributed by atoms with Crippen molar-refractivity contribution < 1.29 is 9.47 Å². The van der Waals surface area contributed by atoms with E-state index in [0.717, 1.165) is 23.5 Å². The number of benzene rings is 1. The van der Waals surface area contributed by atoms with Crippen molar-refractivity contribution in [2.75, 3.05) is 6.61 Å². The molecule has 1 aromatic rings. The van der Waals surface area contributed by atoms with Crippen LogP contribution in [0.2, 0.25) is 0 Å². The molecular formula is C14H21NO2. The Bertz CT molecular complexity index is 363. The summed E-state index contributed by atoms with van der Waals surface area (Å²) in [5, 5.41) is 0. The number of nitrogens with two attached hydrogens (primary N) is 1. The van der Waals surface area contributed by atoms with E-state index in [0.29, 0.717) is 13.2 Å². The molecule has 17 heavy (non-hydrogen) atoms. The van der Waals surface area contributed by atoms with Gasteiger partial charge in [-0.3, -0.25) is 0 Å². The van der Waals surface area contributed by atoms with Crippen molar-refractivity contribution in [1.82, 2.24) is 0 Å². The average Bonchev–Trinajstić information content (AvgIpc) is 2.36. The van der Waals surface area contributed by atoms with Crippen LogP contribution in [-0.4, -0.2) is 12.7 Å². The van der Waals surface area contributed by atoms with Crippen LogP contribution in [0.15, 0.2) is 30.9 Å². The van der Waals surface area contributed by atoms with Crippen LogP contribution in [0.4, 0.5) is 0 Å². The van der Waals surface area contributed by atoms with Gasteiger partial charge >= 0.3 is 0 Å². The highest BCUT2D eigenvalue weighted by molar-refractivity contribution is 5.41. The van der Waals surface area contributed by atoms with Gasteiger partial charge in [-0.1, -0.05) is 25.6 Å². The first-order valence-electron chi connectivity index (χ1n) is 5.96. The van der Waals surface area contributed by atoms with Crippen LogP contribution in [0.1, 0.15) is 25.8 Å². The molecule has 0 saturated heterocycles. The van der Waals surface area contributed by atoms with Crippen molar-refractivity contribution in [3.63, 3.8) is 0 Å². The summed E-state index contributed by atoms with van der Waals surface area (Å²) < 4.78 is 11.3. The minimum Gasteiger partial charge on any atom is -0.493 e. The molecule has 0 spiro atoms. The van der Waals surface area contributed by atoms with Gasteiger partial charge in [-0.2, -0.15) is 0 Å². The van der Waals surface area contributed by atoms with Gasteiger partial charge in [-0.15, -0.1) is 0 Å². The molecular weight excluding hydrogens is 214 g/mol. The summed E-state index contributed by atoms with van der Waals surface area (Å²) in [6.45, 7) is 8.87. The first kappa shape index (κ1) is 13.6. The van der Waals surface area contributed by atoms with E-state index in [9.17, 15) is 0 Å². The number of hydrogen-bond donors (Lipinski definition) is 1. The van der Waals surface area contributed by atoms with Crippen LogP contribution in [0.25, 0.3) is 0 Å². The highest BCUT2D eigenvalue weighted by Crippen LogP contribution is 2.26. The summed E-state index contributed by atoms with van der Waals surface area (Å²) >= 11 is 0. The normalized spacial score (nSPS) is 11.9. The van der Waals surface area contributed by atoms with Gasteiger partial charge < -0.3 is 15.2 Å². The zero-order chi connectivity index (χ0) is 12.7. The number of ether oxygens (including phenoxy) is 2. The third-order valence-electron chi connectivity index (χ3n) is 2.38. The van der Waals surface area contributed by atoms with Crippen LogP contribution in [0.3, 0.4) is 0 Å². The summed E-state index contributed by atoms with van der Waals surface area (Å²) in [6.07, 6.45) is 2.69.